The summed E-state index contributed by atoms with van der Waals surface area (Å²) in [5, 5.41) is 9.94. The highest BCUT2D eigenvalue weighted by molar-refractivity contribution is 6.33. The minimum Gasteiger partial charge on any atom is -0.444 e. The lowest BCUT2D eigenvalue weighted by atomic mass is 10.1. The highest BCUT2D eigenvalue weighted by atomic mass is 35.5. The summed E-state index contributed by atoms with van der Waals surface area (Å²) in [4.78, 5) is 28.4. The first-order valence-corrected chi connectivity index (χ1v) is 9.16. The van der Waals surface area contributed by atoms with Gasteiger partial charge in [0.25, 0.3) is 5.91 Å². The normalized spacial score (nSPS) is 11.0. The average Bonchev–Trinajstić information content (AvgIpc) is 3.15. The molecule has 0 aliphatic rings. The van der Waals surface area contributed by atoms with E-state index in [1.807, 2.05) is 0 Å². The van der Waals surface area contributed by atoms with Gasteiger partial charge in [-0.3, -0.25) is 10.1 Å². The Balaban J connectivity index is 1.73. The molecule has 2 N–H and O–H groups in total. The van der Waals surface area contributed by atoms with Crippen LogP contribution in [-0.4, -0.2) is 32.4 Å². The van der Waals surface area contributed by atoms with Crippen molar-refractivity contribution in [2.45, 2.75) is 26.4 Å². The fourth-order valence-electron chi connectivity index (χ4n) is 2.49. The number of carbonyl (C=O) groups excluding carboxylic acids is 2. The molecule has 2 amide bonds. The first kappa shape index (κ1) is 20.3. The predicted molar refractivity (Wildman–Crippen MR) is 111 cm³/mol. The van der Waals surface area contributed by atoms with Gasteiger partial charge in [-0.1, -0.05) is 17.7 Å². The molecule has 0 saturated carbocycles. The van der Waals surface area contributed by atoms with Gasteiger partial charge in [0.1, 0.15) is 23.9 Å². The number of hydrogen-bond donors (Lipinski definition) is 2. The molecule has 0 spiro atoms. The van der Waals surface area contributed by atoms with Crippen LogP contribution in [0.3, 0.4) is 0 Å². The molecule has 150 valence electrons. The van der Waals surface area contributed by atoms with Crippen LogP contribution in [0, 0.1) is 0 Å². The maximum Gasteiger partial charge on any atom is 0.412 e. The first-order valence-electron chi connectivity index (χ1n) is 8.78. The van der Waals surface area contributed by atoms with Crippen molar-refractivity contribution < 1.29 is 14.3 Å². The molecule has 8 nitrogen and oxygen atoms in total. The van der Waals surface area contributed by atoms with Crippen LogP contribution in [0.2, 0.25) is 5.02 Å². The van der Waals surface area contributed by atoms with Gasteiger partial charge in [-0.2, -0.15) is 5.10 Å². The number of amides is 2. The van der Waals surface area contributed by atoms with Crippen LogP contribution in [0.25, 0.3) is 5.69 Å². The van der Waals surface area contributed by atoms with E-state index in [0.29, 0.717) is 27.6 Å². The van der Waals surface area contributed by atoms with Crippen molar-refractivity contribution >= 4 is 35.0 Å². The van der Waals surface area contributed by atoms with Crippen molar-refractivity contribution in [2.75, 3.05) is 10.6 Å². The van der Waals surface area contributed by atoms with Crippen LogP contribution in [0.4, 0.5) is 16.2 Å². The van der Waals surface area contributed by atoms with E-state index in [1.54, 1.807) is 63.2 Å². The van der Waals surface area contributed by atoms with Gasteiger partial charge in [-0.05, 0) is 57.2 Å². The molecule has 0 atom stereocenters. The fraction of sp³-hybridized carbons (Fsp3) is 0.200. The van der Waals surface area contributed by atoms with Crippen molar-refractivity contribution in [3.63, 3.8) is 0 Å². The van der Waals surface area contributed by atoms with Crippen molar-refractivity contribution in [3.8, 4) is 5.69 Å². The van der Waals surface area contributed by atoms with Crippen LogP contribution in [0.5, 0.6) is 0 Å². The van der Waals surface area contributed by atoms with Crippen molar-refractivity contribution in [3.05, 3.63) is 65.7 Å². The zero-order valence-electron chi connectivity index (χ0n) is 16.1. The van der Waals surface area contributed by atoms with E-state index in [4.69, 9.17) is 16.3 Å². The fourth-order valence-corrected chi connectivity index (χ4v) is 2.75. The number of rotatable bonds is 4. The van der Waals surface area contributed by atoms with E-state index in [1.165, 1.54) is 17.3 Å². The van der Waals surface area contributed by atoms with Gasteiger partial charge in [0.05, 0.1) is 10.7 Å². The van der Waals surface area contributed by atoms with Gasteiger partial charge in [0.15, 0.2) is 0 Å². The summed E-state index contributed by atoms with van der Waals surface area (Å²) in [6.45, 7) is 5.34. The van der Waals surface area contributed by atoms with Crippen LogP contribution >= 0.6 is 11.6 Å². The Morgan fingerprint density at radius 3 is 2.41 bits per heavy atom. The van der Waals surface area contributed by atoms with E-state index in [0.717, 1.165) is 0 Å². The number of carbonyl (C=O) groups is 2. The Labute approximate surface area is 172 Å². The monoisotopic (exact) mass is 413 g/mol. The third kappa shape index (κ3) is 5.32. The smallest absolute Gasteiger partial charge is 0.412 e. The third-order valence-electron chi connectivity index (χ3n) is 3.68. The number of anilines is 2. The zero-order chi connectivity index (χ0) is 21.0. The van der Waals surface area contributed by atoms with Crippen LogP contribution < -0.4 is 10.6 Å². The topological polar surface area (TPSA) is 98.1 Å². The van der Waals surface area contributed by atoms with Crippen molar-refractivity contribution in [1.82, 2.24) is 14.8 Å². The lowest BCUT2D eigenvalue weighted by molar-refractivity contribution is 0.0636. The van der Waals surface area contributed by atoms with Gasteiger partial charge in [-0.15, -0.1) is 0 Å². The number of nitrogens with one attached hydrogen (secondary N) is 2. The number of hydrogen-bond acceptors (Lipinski definition) is 5. The van der Waals surface area contributed by atoms with Gasteiger partial charge < -0.3 is 10.1 Å². The molecule has 0 fully saturated rings. The Hall–Kier alpha value is -3.39. The zero-order valence-corrected chi connectivity index (χ0v) is 16.9. The van der Waals surface area contributed by atoms with E-state index in [2.05, 4.69) is 20.7 Å². The second kappa shape index (κ2) is 8.32. The standard InChI is InChI=1S/C20H20ClN5O3/c1-20(2,3)29-19(28)24-14-9-7-13(8-10-14)18(27)25-16-6-4-5-15(21)17(16)26-12-22-11-23-26/h4-12H,1-3H3,(H,24,28)(H,25,27). The van der Waals surface area contributed by atoms with E-state index in [9.17, 15) is 9.59 Å². The van der Waals surface area contributed by atoms with E-state index < -0.39 is 11.7 Å². The maximum absolute atomic E-state index is 12.7. The van der Waals surface area contributed by atoms with Crippen LogP contribution in [-0.2, 0) is 4.74 Å². The molecule has 0 bridgehead atoms. The van der Waals surface area contributed by atoms with E-state index >= 15 is 0 Å². The Morgan fingerprint density at radius 2 is 1.79 bits per heavy atom. The minimum atomic E-state index is -0.595. The minimum absolute atomic E-state index is 0.336. The molecule has 2 aromatic carbocycles. The molecular formula is C20H20ClN5O3. The Bertz CT molecular complexity index is 1010. The highest BCUT2D eigenvalue weighted by Gasteiger charge is 2.17. The molecule has 1 aromatic heterocycles. The molecule has 9 heteroatoms. The first-order chi connectivity index (χ1) is 13.7. The highest BCUT2D eigenvalue weighted by Crippen LogP contribution is 2.28. The number of halogens is 1. The largest absolute Gasteiger partial charge is 0.444 e. The third-order valence-corrected chi connectivity index (χ3v) is 3.98. The van der Waals surface area contributed by atoms with Gasteiger partial charge >= 0.3 is 6.09 Å². The summed E-state index contributed by atoms with van der Waals surface area (Å²) in [5.41, 5.74) is 1.33. The lowest BCUT2D eigenvalue weighted by Gasteiger charge is -2.19. The molecule has 0 radical (unpaired) electrons. The Morgan fingerprint density at radius 1 is 1.07 bits per heavy atom. The molecule has 3 aromatic rings. The molecule has 1 heterocycles. The number of nitrogens with zero attached hydrogens (tertiary/aromatic N) is 3. The second-order valence-corrected chi connectivity index (χ2v) is 7.54. The van der Waals surface area contributed by atoms with Gasteiger partial charge in [0, 0.05) is 11.3 Å². The van der Waals surface area contributed by atoms with Crippen molar-refractivity contribution in [2.24, 2.45) is 0 Å². The summed E-state index contributed by atoms with van der Waals surface area (Å²) >= 11 is 6.27. The molecule has 0 aliphatic heterocycles. The quantitative estimate of drug-likeness (QED) is 0.655. The average molecular weight is 414 g/mol. The van der Waals surface area contributed by atoms with Crippen molar-refractivity contribution in [1.29, 1.82) is 0 Å². The predicted octanol–water partition coefficient (Wildman–Crippen LogP) is 4.52. The lowest BCUT2D eigenvalue weighted by Crippen LogP contribution is -2.27. The molecule has 0 saturated heterocycles. The molecule has 29 heavy (non-hydrogen) atoms. The van der Waals surface area contributed by atoms with Gasteiger partial charge in [0.2, 0.25) is 0 Å². The number of para-hydroxylation sites is 1. The summed E-state index contributed by atoms with van der Waals surface area (Å²) in [7, 11) is 0. The SMILES string of the molecule is CC(C)(C)OC(=O)Nc1ccc(C(=O)Nc2cccc(Cl)c2-n2cncn2)cc1. The van der Waals surface area contributed by atoms with Crippen LogP contribution in [0.15, 0.2) is 55.1 Å². The molecular weight excluding hydrogens is 394 g/mol. The molecule has 3 rings (SSSR count). The number of aromatic nitrogens is 3. The summed E-state index contributed by atoms with van der Waals surface area (Å²) < 4.78 is 6.68. The second-order valence-electron chi connectivity index (χ2n) is 7.13. The summed E-state index contributed by atoms with van der Waals surface area (Å²) in [6.07, 6.45) is 2.31. The van der Waals surface area contributed by atoms with E-state index in [-0.39, 0.29) is 5.91 Å². The summed E-state index contributed by atoms with van der Waals surface area (Å²) in [6, 6.07) is 11.6. The Kier molecular flexibility index (Phi) is 5.84. The summed E-state index contributed by atoms with van der Waals surface area (Å²) in [5.74, 6) is -0.336. The number of ether oxygens (including phenoxy) is 1. The van der Waals surface area contributed by atoms with Crippen LogP contribution in [0.1, 0.15) is 31.1 Å². The van der Waals surface area contributed by atoms with Gasteiger partial charge in [-0.25, -0.2) is 14.5 Å². The number of benzene rings is 2. The maximum atomic E-state index is 12.7. The molecule has 0 unspecified atom stereocenters. The molecule has 0 aliphatic carbocycles.